The van der Waals surface area contributed by atoms with Crippen molar-refractivity contribution in [3.05, 3.63) is 66.4 Å². The molecule has 0 unspecified atom stereocenters. The van der Waals surface area contributed by atoms with Gasteiger partial charge < -0.3 is 16.0 Å². The second-order valence-electron chi connectivity index (χ2n) is 6.19. The fourth-order valence-corrected chi connectivity index (χ4v) is 3.05. The van der Waals surface area contributed by atoms with E-state index in [0.717, 1.165) is 10.9 Å². The molecule has 134 valence electrons. The Balaban J connectivity index is 1.51. The minimum Gasteiger partial charge on any atom is -0.340 e. The van der Waals surface area contributed by atoms with Crippen LogP contribution in [-0.4, -0.2) is 28.7 Å². The molecule has 1 aliphatic heterocycles. The number of carbonyl (C=O) groups excluding carboxylic acids is 3. The van der Waals surface area contributed by atoms with E-state index >= 15 is 0 Å². The van der Waals surface area contributed by atoms with Crippen molar-refractivity contribution >= 4 is 40.0 Å². The molecule has 0 fully saturated rings. The third kappa shape index (κ3) is 3.35. The summed E-state index contributed by atoms with van der Waals surface area (Å²) in [6.07, 6.45) is 1.50. The topological polar surface area (TPSA) is 100 Å². The summed E-state index contributed by atoms with van der Waals surface area (Å²) >= 11 is 0. The summed E-state index contributed by atoms with van der Waals surface area (Å²) < 4.78 is 0. The summed E-state index contributed by atoms with van der Waals surface area (Å²) in [4.78, 5) is 41.5. The van der Waals surface area contributed by atoms with Crippen LogP contribution in [0, 0.1) is 0 Å². The number of hydrogen-bond donors (Lipinski definition) is 3. The Hall–Kier alpha value is -3.74. The van der Waals surface area contributed by atoms with E-state index in [0.29, 0.717) is 16.9 Å². The number of nitrogens with one attached hydrogen (secondary N) is 3. The van der Waals surface area contributed by atoms with Gasteiger partial charge in [-0.15, -0.1) is 0 Å². The Morgan fingerprint density at radius 2 is 1.89 bits per heavy atom. The van der Waals surface area contributed by atoms with Gasteiger partial charge in [0.15, 0.2) is 0 Å². The number of anilines is 2. The van der Waals surface area contributed by atoms with Crippen molar-refractivity contribution in [2.75, 3.05) is 10.6 Å². The van der Waals surface area contributed by atoms with Gasteiger partial charge in [0.1, 0.15) is 6.04 Å². The molecule has 4 rings (SSSR count). The summed E-state index contributed by atoms with van der Waals surface area (Å²) in [5, 5.41) is 8.90. The number of benzene rings is 2. The summed E-state index contributed by atoms with van der Waals surface area (Å²) in [5.41, 5.74) is 2.16. The molecule has 1 aromatic heterocycles. The van der Waals surface area contributed by atoms with E-state index < -0.39 is 17.9 Å². The minimum atomic E-state index is -0.960. The first-order chi connectivity index (χ1) is 13.1. The molecule has 0 aliphatic carbocycles. The van der Waals surface area contributed by atoms with Crippen molar-refractivity contribution in [1.29, 1.82) is 0 Å². The Bertz CT molecular complexity index is 1060. The predicted octanol–water partition coefficient (Wildman–Crippen LogP) is 2.31. The summed E-state index contributed by atoms with van der Waals surface area (Å²) in [5.74, 6) is -1.20. The van der Waals surface area contributed by atoms with E-state index in [2.05, 4.69) is 20.9 Å². The highest BCUT2D eigenvalue weighted by Gasteiger charge is 2.29. The molecule has 3 amide bonds. The maximum Gasteiger partial charge on any atom is 0.254 e. The Morgan fingerprint density at radius 3 is 2.78 bits per heavy atom. The molecule has 0 radical (unpaired) electrons. The van der Waals surface area contributed by atoms with Crippen LogP contribution in [0.4, 0.5) is 11.4 Å². The van der Waals surface area contributed by atoms with Crippen LogP contribution in [0.25, 0.3) is 10.9 Å². The van der Waals surface area contributed by atoms with Gasteiger partial charge in [-0.25, -0.2) is 0 Å². The van der Waals surface area contributed by atoms with Crippen molar-refractivity contribution < 1.29 is 14.4 Å². The molecular formula is C20H16N4O3. The van der Waals surface area contributed by atoms with Crippen molar-refractivity contribution in [3.8, 4) is 0 Å². The van der Waals surface area contributed by atoms with Crippen molar-refractivity contribution in [3.63, 3.8) is 0 Å². The minimum absolute atomic E-state index is 0.178. The molecule has 1 atom stereocenters. The molecule has 3 aromatic rings. The number of hydrogen-bond acceptors (Lipinski definition) is 4. The molecule has 1 aliphatic rings. The normalized spacial score (nSPS) is 16.1. The predicted molar refractivity (Wildman–Crippen MR) is 101 cm³/mol. The van der Waals surface area contributed by atoms with Gasteiger partial charge in [0.25, 0.3) is 5.91 Å². The second kappa shape index (κ2) is 6.87. The lowest BCUT2D eigenvalue weighted by molar-refractivity contribution is -0.122. The maximum absolute atomic E-state index is 12.5. The molecule has 27 heavy (non-hydrogen) atoms. The Morgan fingerprint density at radius 1 is 1.04 bits per heavy atom. The van der Waals surface area contributed by atoms with Gasteiger partial charge in [-0.2, -0.15) is 0 Å². The van der Waals surface area contributed by atoms with Crippen LogP contribution in [0.1, 0.15) is 16.8 Å². The first kappa shape index (κ1) is 16.7. The zero-order valence-corrected chi connectivity index (χ0v) is 14.2. The van der Waals surface area contributed by atoms with E-state index in [9.17, 15) is 14.4 Å². The molecule has 0 spiro atoms. The van der Waals surface area contributed by atoms with Crippen LogP contribution < -0.4 is 16.0 Å². The summed E-state index contributed by atoms with van der Waals surface area (Å²) in [6.45, 7) is 0. The number of aromatic nitrogens is 1. The van der Waals surface area contributed by atoms with Gasteiger partial charge in [0.05, 0.1) is 28.9 Å². The van der Waals surface area contributed by atoms with Gasteiger partial charge in [0.2, 0.25) is 11.8 Å². The summed E-state index contributed by atoms with van der Waals surface area (Å²) in [7, 11) is 0. The third-order valence-corrected chi connectivity index (χ3v) is 4.36. The maximum atomic E-state index is 12.5. The SMILES string of the molecule is O=C(C[C@@H]1NC(=O)c2ccccc2NC1=O)Nc1cccc2ncccc12. The summed E-state index contributed by atoms with van der Waals surface area (Å²) in [6, 6.07) is 14.8. The molecule has 3 N–H and O–H groups in total. The lowest BCUT2D eigenvalue weighted by Crippen LogP contribution is -2.43. The van der Waals surface area contributed by atoms with Gasteiger partial charge in [-0.05, 0) is 36.4 Å². The molecule has 2 aromatic carbocycles. The standard InChI is InChI=1S/C20H16N4O3/c25-18(22-15-9-3-8-14-12(15)6-4-10-21-14)11-17-20(27)23-16-7-2-1-5-13(16)19(26)24-17/h1-10,17H,11H2,(H,22,25)(H,23,27)(H,24,26)/t17-/m0/s1. The molecule has 0 bridgehead atoms. The molecular weight excluding hydrogens is 344 g/mol. The fourth-order valence-electron chi connectivity index (χ4n) is 3.05. The highest BCUT2D eigenvalue weighted by molar-refractivity contribution is 6.11. The smallest absolute Gasteiger partial charge is 0.254 e. The van der Waals surface area contributed by atoms with Crippen molar-refractivity contribution in [2.24, 2.45) is 0 Å². The van der Waals surface area contributed by atoms with Crippen LogP contribution >= 0.6 is 0 Å². The zero-order valence-electron chi connectivity index (χ0n) is 14.2. The van der Waals surface area contributed by atoms with E-state index in [4.69, 9.17) is 0 Å². The van der Waals surface area contributed by atoms with E-state index in [1.54, 1.807) is 48.7 Å². The number of fused-ring (bicyclic) bond motifs is 2. The van der Waals surface area contributed by atoms with Gasteiger partial charge in [0, 0.05) is 11.6 Å². The van der Waals surface area contributed by atoms with E-state index in [-0.39, 0.29) is 12.3 Å². The van der Waals surface area contributed by atoms with Crippen LogP contribution in [0.5, 0.6) is 0 Å². The Kier molecular flexibility index (Phi) is 4.25. The number of nitrogens with zero attached hydrogens (tertiary/aromatic N) is 1. The molecule has 0 saturated heterocycles. The largest absolute Gasteiger partial charge is 0.340 e. The van der Waals surface area contributed by atoms with Gasteiger partial charge in [-0.1, -0.05) is 18.2 Å². The third-order valence-electron chi connectivity index (χ3n) is 4.36. The van der Waals surface area contributed by atoms with Gasteiger partial charge in [-0.3, -0.25) is 19.4 Å². The number of rotatable bonds is 3. The first-order valence-corrected chi connectivity index (χ1v) is 8.46. The lowest BCUT2D eigenvalue weighted by Gasteiger charge is -2.15. The highest BCUT2D eigenvalue weighted by Crippen LogP contribution is 2.22. The van der Waals surface area contributed by atoms with Crippen molar-refractivity contribution in [2.45, 2.75) is 12.5 Å². The van der Waals surface area contributed by atoms with Crippen LogP contribution in [0.15, 0.2) is 60.8 Å². The average molecular weight is 360 g/mol. The quantitative estimate of drug-likeness (QED) is 0.667. The second-order valence-corrected chi connectivity index (χ2v) is 6.19. The van der Waals surface area contributed by atoms with Crippen LogP contribution in [0.3, 0.4) is 0 Å². The molecule has 7 nitrogen and oxygen atoms in total. The Labute approximate surface area is 154 Å². The zero-order chi connectivity index (χ0) is 18.8. The van der Waals surface area contributed by atoms with Crippen LogP contribution in [0.2, 0.25) is 0 Å². The molecule has 0 saturated carbocycles. The highest BCUT2D eigenvalue weighted by atomic mass is 16.2. The fraction of sp³-hybridized carbons (Fsp3) is 0.100. The number of amides is 3. The molecule has 2 heterocycles. The van der Waals surface area contributed by atoms with E-state index in [1.807, 2.05) is 12.1 Å². The lowest BCUT2D eigenvalue weighted by atomic mass is 10.1. The van der Waals surface area contributed by atoms with Gasteiger partial charge >= 0.3 is 0 Å². The average Bonchev–Trinajstić information content (AvgIpc) is 2.79. The molecule has 7 heteroatoms. The first-order valence-electron chi connectivity index (χ1n) is 8.46. The monoisotopic (exact) mass is 360 g/mol. The van der Waals surface area contributed by atoms with E-state index in [1.165, 1.54) is 0 Å². The number of carbonyl (C=O) groups is 3. The van der Waals surface area contributed by atoms with Crippen molar-refractivity contribution in [1.82, 2.24) is 10.3 Å². The number of pyridine rings is 1. The van der Waals surface area contributed by atoms with Crippen LogP contribution in [-0.2, 0) is 9.59 Å². The number of para-hydroxylation sites is 1.